The molecular formula is C10H8Cl5NS2. The van der Waals surface area contributed by atoms with Crippen LogP contribution in [0.1, 0.15) is 5.56 Å². The predicted molar refractivity (Wildman–Crippen MR) is 88.7 cm³/mol. The SMILES string of the molecule is CN(C)C(=S)SC(Cl)(Cl)c1ccc(Cl)c(Cl)c1Cl. The van der Waals surface area contributed by atoms with Gasteiger partial charge in [-0.3, -0.25) is 0 Å². The standard InChI is InChI=1S/C10H8Cl5NS2/c1-16(2)9(17)18-10(14,15)5-3-4-6(11)8(13)7(5)12/h3-4H,1-2H3. The van der Waals surface area contributed by atoms with E-state index in [4.69, 9.17) is 70.2 Å². The van der Waals surface area contributed by atoms with E-state index in [1.54, 1.807) is 31.1 Å². The van der Waals surface area contributed by atoms with Crippen molar-refractivity contribution in [2.75, 3.05) is 14.1 Å². The summed E-state index contributed by atoms with van der Waals surface area (Å²) in [6, 6.07) is 3.21. The third kappa shape index (κ3) is 3.95. The minimum absolute atomic E-state index is 0.220. The Labute approximate surface area is 141 Å². The summed E-state index contributed by atoms with van der Waals surface area (Å²) in [7, 11) is 3.60. The Balaban J connectivity index is 3.13. The van der Waals surface area contributed by atoms with E-state index in [0.29, 0.717) is 14.9 Å². The molecule has 0 unspecified atom stereocenters. The number of hydrogen-bond acceptors (Lipinski definition) is 2. The van der Waals surface area contributed by atoms with Crippen LogP contribution in [0.4, 0.5) is 0 Å². The average Bonchev–Trinajstić information content (AvgIpc) is 2.24. The molecule has 0 fully saturated rings. The third-order valence-corrected chi connectivity index (χ3v) is 5.72. The Morgan fingerprint density at radius 3 is 2.22 bits per heavy atom. The van der Waals surface area contributed by atoms with Crippen molar-refractivity contribution < 1.29 is 0 Å². The summed E-state index contributed by atoms with van der Waals surface area (Å²) in [5.74, 6) is 0. The molecule has 0 heterocycles. The third-order valence-electron chi connectivity index (χ3n) is 1.93. The van der Waals surface area contributed by atoms with Crippen LogP contribution in [0.2, 0.25) is 15.1 Å². The zero-order valence-corrected chi connectivity index (χ0v) is 14.7. The summed E-state index contributed by atoms with van der Waals surface area (Å²) < 4.78 is -0.797. The van der Waals surface area contributed by atoms with E-state index < -0.39 is 3.67 Å². The molecule has 0 amide bonds. The molecule has 0 aliphatic carbocycles. The van der Waals surface area contributed by atoms with Crippen molar-refractivity contribution >= 4 is 86.3 Å². The Bertz CT molecular complexity index is 476. The molecule has 0 saturated heterocycles. The molecule has 1 rings (SSSR count). The van der Waals surface area contributed by atoms with Gasteiger partial charge >= 0.3 is 0 Å². The number of nitrogens with zero attached hydrogens (tertiary/aromatic N) is 1. The van der Waals surface area contributed by atoms with E-state index >= 15 is 0 Å². The highest BCUT2D eigenvalue weighted by Crippen LogP contribution is 2.50. The van der Waals surface area contributed by atoms with Crippen LogP contribution < -0.4 is 0 Å². The molecule has 0 spiro atoms. The monoisotopic (exact) mass is 381 g/mol. The lowest BCUT2D eigenvalue weighted by molar-refractivity contribution is 0.647. The zero-order chi connectivity index (χ0) is 14.1. The van der Waals surface area contributed by atoms with Gasteiger partial charge in [0.2, 0.25) is 0 Å². The number of benzene rings is 1. The van der Waals surface area contributed by atoms with Gasteiger partial charge < -0.3 is 4.90 Å². The van der Waals surface area contributed by atoms with Gasteiger partial charge in [-0.2, -0.15) is 0 Å². The zero-order valence-electron chi connectivity index (χ0n) is 9.31. The second kappa shape index (κ2) is 6.57. The van der Waals surface area contributed by atoms with Crippen LogP contribution in [0.25, 0.3) is 0 Å². The van der Waals surface area contributed by atoms with E-state index in [0.717, 1.165) is 11.8 Å². The van der Waals surface area contributed by atoms with Crippen LogP contribution in [0.15, 0.2) is 12.1 Å². The predicted octanol–water partition coefficient (Wildman–Crippen LogP) is 5.81. The van der Waals surface area contributed by atoms with Crippen LogP contribution in [0.5, 0.6) is 0 Å². The van der Waals surface area contributed by atoms with Crippen molar-refractivity contribution in [3.63, 3.8) is 0 Å². The quantitative estimate of drug-likeness (QED) is 0.360. The second-order valence-corrected chi connectivity index (χ2v) is 8.29. The van der Waals surface area contributed by atoms with Gasteiger partial charge in [-0.05, 0) is 6.07 Å². The number of alkyl halides is 2. The number of hydrogen-bond donors (Lipinski definition) is 0. The van der Waals surface area contributed by atoms with Gasteiger partial charge in [0.05, 0.1) is 15.1 Å². The van der Waals surface area contributed by atoms with E-state index in [1.165, 1.54) is 0 Å². The summed E-state index contributed by atoms with van der Waals surface area (Å²) in [6.07, 6.45) is 0. The van der Waals surface area contributed by atoms with Crippen molar-refractivity contribution in [3.8, 4) is 0 Å². The van der Waals surface area contributed by atoms with Gasteiger partial charge in [0.1, 0.15) is 4.32 Å². The summed E-state index contributed by atoms with van der Waals surface area (Å²) in [4.78, 5) is 1.73. The number of thiocarbonyl (C=S) groups is 1. The van der Waals surface area contributed by atoms with Crippen molar-refractivity contribution in [2.45, 2.75) is 3.67 Å². The maximum Gasteiger partial charge on any atom is 0.196 e. The Kier molecular flexibility index (Phi) is 6.20. The van der Waals surface area contributed by atoms with Gasteiger partial charge in [0.15, 0.2) is 3.67 Å². The van der Waals surface area contributed by atoms with Crippen LogP contribution in [-0.4, -0.2) is 23.3 Å². The first-order valence-corrected chi connectivity index (χ1v) is 7.70. The van der Waals surface area contributed by atoms with Gasteiger partial charge in [0, 0.05) is 19.7 Å². The molecule has 0 bridgehead atoms. The van der Waals surface area contributed by atoms with Crippen molar-refractivity contribution in [2.24, 2.45) is 0 Å². The van der Waals surface area contributed by atoms with E-state index in [2.05, 4.69) is 0 Å². The van der Waals surface area contributed by atoms with Crippen molar-refractivity contribution in [1.82, 2.24) is 4.90 Å². The molecule has 1 aromatic carbocycles. The first-order chi connectivity index (χ1) is 8.16. The number of rotatable bonds is 2. The average molecular weight is 384 g/mol. The molecule has 0 saturated carbocycles. The fraction of sp³-hybridized carbons (Fsp3) is 0.300. The fourth-order valence-electron chi connectivity index (χ4n) is 1.01. The first kappa shape index (κ1) is 17.0. The maximum atomic E-state index is 6.26. The molecule has 18 heavy (non-hydrogen) atoms. The molecule has 1 nitrogen and oxygen atoms in total. The first-order valence-electron chi connectivity index (χ1n) is 4.59. The van der Waals surface area contributed by atoms with Gasteiger partial charge in [-0.1, -0.05) is 88.1 Å². The summed E-state index contributed by atoms with van der Waals surface area (Å²) in [5.41, 5.74) is 0.455. The van der Waals surface area contributed by atoms with Crippen LogP contribution in [0.3, 0.4) is 0 Å². The molecule has 0 radical (unpaired) electrons. The molecule has 0 atom stereocenters. The minimum Gasteiger partial charge on any atom is -0.364 e. The Hall–Kier alpha value is 0.910. The number of halogens is 5. The molecular weight excluding hydrogens is 376 g/mol. The van der Waals surface area contributed by atoms with Crippen LogP contribution in [-0.2, 0) is 3.67 Å². The van der Waals surface area contributed by atoms with Crippen molar-refractivity contribution in [1.29, 1.82) is 0 Å². The maximum absolute atomic E-state index is 6.26. The van der Waals surface area contributed by atoms with Gasteiger partial charge in [-0.25, -0.2) is 0 Å². The summed E-state index contributed by atoms with van der Waals surface area (Å²) in [6.45, 7) is 0. The van der Waals surface area contributed by atoms with Gasteiger partial charge in [0.25, 0.3) is 0 Å². The minimum atomic E-state index is -1.33. The van der Waals surface area contributed by atoms with Gasteiger partial charge in [-0.15, -0.1) is 0 Å². The van der Waals surface area contributed by atoms with E-state index in [9.17, 15) is 0 Å². The number of thioether (sulfide) groups is 1. The topological polar surface area (TPSA) is 3.24 Å². The van der Waals surface area contributed by atoms with Crippen LogP contribution in [0, 0.1) is 0 Å². The molecule has 0 aliphatic rings. The molecule has 8 heteroatoms. The van der Waals surface area contributed by atoms with Crippen LogP contribution >= 0.6 is 82.0 Å². The molecule has 1 aromatic rings. The van der Waals surface area contributed by atoms with E-state index in [1.807, 2.05) is 0 Å². The lowest BCUT2D eigenvalue weighted by Gasteiger charge is -2.24. The highest BCUT2D eigenvalue weighted by molar-refractivity contribution is 8.24. The molecule has 100 valence electrons. The molecule has 0 aromatic heterocycles. The lowest BCUT2D eigenvalue weighted by Crippen LogP contribution is -2.20. The summed E-state index contributed by atoms with van der Waals surface area (Å²) in [5, 5.41) is 0.788. The Morgan fingerprint density at radius 1 is 1.17 bits per heavy atom. The molecule has 0 N–H and O–H groups in total. The largest absolute Gasteiger partial charge is 0.364 e. The van der Waals surface area contributed by atoms with Crippen molar-refractivity contribution in [3.05, 3.63) is 32.8 Å². The summed E-state index contributed by atoms with van der Waals surface area (Å²) >= 11 is 36.6. The molecule has 0 aliphatic heterocycles. The highest BCUT2D eigenvalue weighted by Gasteiger charge is 2.33. The smallest absolute Gasteiger partial charge is 0.196 e. The van der Waals surface area contributed by atoms with E-state index in [-0.39, 0.29) is 10.0 Å². The normalized spacial score (nSPS) is 11.5. The fourth-order valence-corrected chi connectivity index (χ4v) is 3.92. The lowest BCUT2D eigenvalue weighted by atomic mass is 10.2. The second-order valence-electron chi connectivity index (χ2n) is 3.50. The highest BCUT2D eigenvalue weighted by atomic mass is 35.5. The Morgan fingerprint density at radius 2 is 1.72 bits per heavy atom.